The van der Waals surface area contributed by atoms with Gasteiger partial charge in [-0.1, -0.05) is 60.7 Å². The average molecular weight is 785 g/mol. The van der Waals surface area contributed by atoms with E-state index in [0.29, 0.717) is 42.3 Å². The molecule has 3 saturated heterocycles. The fourth-order valence-electron chi connectivity index (χ4n) is 9.23. The van der Waals surface area contributed by atoms with Gasteiger partial charge in [0.15, 0.2) is 0 Å². The van der Waals surface area contributed by atoms with Gasteiger partial charge in [-0.15, -0.1) is 0 Å². The van der Waals surface area contributed by atoms with Gasteiger partial charge in [-0.2, -0.15) is 10.1 Å². The Hall–Kier alpha value is -5.09. The van der Waals surface area contributed by atoms with E-state index in [-0.39, 0.29) is 6.09 Å². The lowest BCUT2D eigenvalue weighted by atomic mass is 9.70. The zero-order chi connectivity index (χ0) is 40.3. The number of piperidine rings is 3. The minimum Gasteiger partial charge on any atom is -0.473 e. The van der Waals surface area contributed by atoms with E-state index < -0.39 is 5.60 Å². The van der Waals surface area contributed by atoms with E-state index in [1.807, 2.05) is 98.1 Å². The number of anilines is 1. The third-order valence-electron chi connectivity index (χ3n) is 12.9. The normalized spacial score (nSPS) is 18.4. The zero-order valence-corrected chi connectivity index (χ0v) is 35.0. The van der Waals surface area contributed by atoms with Crippen LogP contribution in [0.25, 0.3) is 22.2 Å². The molecule has 3 aromatic carbocycles. The second-order valence-electron chi connectivity index (χ2n) is 17.8. The lowest BCUT2D eigenvalue weighted by molar-refractivity contribution is -0.0104. The topological polar surface area (TPSA) is 85.2 Å². The summed E-state index contributed by atoms with van der Waals surface area (Å²) in [6, 6.07) is 31.5. The van der Waals surface area contributed by atoms with Crippen LogP contribution < -0.4 is 14.4 Å². The molecule has 0 radical (unpaired) electrons. The van der Waals surface area contributed by atoms with Crippen molar-refractivity contribution in [3.05, 3.63) is 102 Å². The summed E-state index contributed by atoms with van der Waals surface area (Å²) in [5.74, 6) is 1.70. The van der Waals surface area contributed by atoms with Crippen LogP contribution in [0.4, 0.5) is 10.5 Å². The first-order chi connectivity index (χ1) is 28.0. The maximum atomic E-state index is 12.6. The fraction of sp³-hybridized carbons (Fsp3) is 0.479. The average Bonchev–Trinajstić information content (AvgIpc) is 3.57. The monoisotopic (exact) mass is 784 g/mol. The molecule has 10 nitrogen and oxygen atoms in total. The number of aromatic nitrogens is 3. The summed E-state index contributed by atoms with van der Waals surface area (Å²) in [5.41, 5.74) is 6.08. The molecule has 1 amide bonds. The summed E-state index contributed by atoms with van der Waals surface area (Å²) in [7, 11) is 2.02. The van der Waals surface area contributed by atoms with Gasteiger partial charge in [0.25, 0.3) is 0 Å². The van der Waals surface area contributed by atoms with Gasteiger partial charge in [0.05, 0.1) is 11.1 Å². The number of aryl methyl sites for hydroxylation is 1. The molecule has 0 saturated carbocycles. The van der Waals surface area contributed by atoms with Crippen molar-refractivity contribution >= 4 is 22.7 Å². The Labute approximate surface area is 344 Å². The molecule has 306 valence electrons. The number of ether oxygens (including phenoxy) is 3. The highest BCUT2D eigenvalue weighted by Crippen LogP contribution is 2.43. The van der Waals surface area contributed by atoms with Gasteiger partial charge >= 0.3 is 6.09 Å². The third-order valence-corrected chi connectivity index (χ3v) is 12.9. The van der Waals surface area contributed by atoms with E-state index in [0.717, 1.165) is 85.4 Å². The first-order valence-electron chi connectivity index (χ1n) is 21.3. The zero-order valence-electron chi connectivity index (χ0n) is 35.0. The summed E-state index contributed by atoms with van der Waals surface area (Å²) in [5, 5.41) is 6.10. The Morgan fingerprint density at radius 2 is 1.41 bits per heavy atom. The van der Waals surface area contributed by atoms with E-state index in [1.54, 1.807) is 0 Å². The molecule has 0 unspecified atom stereocenters. The Morgan fingerprint density at radius 3 is 2.05 bits per heavy atom. The molecule has 58 heavy (non-hydrogen) atoms. The lowest BCUT2D eigenvalue weighted by Crippen LogP contribution is -2.52. The summed E-state index contributed by atoms with van der Waals surface area (Å²) in [4.78, 5) is 24.7. The first-order valence-corrected chi connectivity index (χ1v) is 21.3. The lowest BCUT2D eigenvalue weighted by Gasteiger charge is -2.49. The number of likely N-dealkylation sites (tertiary alicyclic amines) is 2. The minimum atomic E-state index is -0.448. The van der Waals surface area contributed by atoms with Crippen LogP contribution in [0.1, 0.15) is 77.3 Å². The van der Waals surface area contributed by atoms with Gasteiger partial charge in [0.1, 0.15) is 24.5 Å². The van der Waals surface area contributed by atoms with Crippen LogP contribution in [-0.2, 0) is 25.0 Å². The fourth-order valence-corrected chi connectivity index (χ4v) is 9.23. The predicted molar refractivity (Wildman–Crippen MR) is 230 cm³/mol. The predicted octanol–water partition coefficient (Wildman–Crippen LogP) is 9.51. The third kappa shape index (κ3) is 9.12. The molecule has 5 aromatic rings. The SMILES string of the molecule is C[C@H](C1CCN(c2ccc3c(-c4ccc(OCc5ccccc5)nc4OCc4ccccc4)nn(C)c3c2)CC1)N1CCC2(CCN(C(=O)OC(C)(C)C)CC2)CC1. The van der Waals surface area contributed by atoms with Crippen molar-refractivity contribution in [2.75, 3.05) is 44.2 Å². The van der Waals surface area contributed by atoms with Crippen LogP contribution in [0.15, 0.2) is 91.0 Å². The second kappa shape index (κ2) is 17.0. The van der Waals surface area contributed by atoms with E-state index >= 15 is 0 Å². The van der Waals surface area contributed by atoms with E-state index in [1.165, 1.54) is 31.4 Å². The van der Waals surface area contributed by atoms with Crippen LogP contribution in [-0.4, -0.2) is 81.6 Å². The van der Waals surface area contributed by atoms with Crippen LogP contribution >= 0.6 is 0 Å². The Bertz CT molecular complexity index is 2140. The van der Waals surface area contributed by atoms with Crippen LogP contribution in [0.2, 0.25) is 0 Å². The maximum absolute atomic E-state index is 12.6. The molecular weight excluding hydrogens is 725 g/mol. The molecule has 5 heterocycles. The number of hydrogen-bond donors (Lipinski definition) is 0. The Morgan fingerprint density at radius 1 is 0.793 bits per heavy atom. The van der Waals surface area contributed by atoms with Crippen LogP contribution in [0.5, 0.6) is 11.8 Å². The highest BCUT2D eigenvalue weighted by molar-refractivity contribution is 5.96. The van der Waals surface area contributed by atoms with Crippen molar-refractivity contribution < 1.29 is 19.0 Å². The van der Waals surface area contributed by atoms with Crippen molar-refractivity contribution in [1.82, 2.24) is 24.6 Å². The van der Waals surface area contributed by atoms with Crippen LogP contribution in [0.3, 0.4) is 0 Å². The molecule has 8 rings (SSSR count). The van der Waals surface area contributed by atoms with Gasteiger partial charge in [0.2, 0.25) is 11.8 Å². The van der Waals surface area contributed by atoms with Crippen molar-refractivity contribution in [2.24, 2.45) is 18.4 Å². The van der Waals surface area contributed by atoms with Gasteiger partial charge in [-0.05, 0) is 126 Å². The number of carbonyl (C=O) groups is 1. The largest absolute Gasteiger partial charge is 0.473 e. The van der Waals surface area contributed by atoms with E-state index in [4.69, 9.17) is 24.3 Å². The first kappa shape index (κ1) is 39.7. The van der Waals surface area contributed by atoms with Gasteiger partial charge in [-0.3, -0.25) is 4.68 Å². The molecule has 3 fully saturated rings. The number of amides is 1. The summed E-state index contributed by atoms with van der Waals surface area (Å²) in [6.45, 7) is 15.1. The molecule has 1 spiro atoms. The van der Waals surface area contributed by atoms with E-state index in [2.05, 4.69) is 47.1 Å². The molecule has 3 aliphatic rings. The molecule has 0 aliphatic carbocycles. The number of pyridine rings is 1. The van der Waals surface area contributed by atoms with Crippen molar-refractivity contribution in [3.63, 3.8) is 0 Å². The van der Waals surface area contributed by atoms with Crippen molar-refractivity contribution in [1.29, 1.82) is 0 Å². The van der Waals surface area contributed by atoms with Crippen molar-refractivity contribution in [2.45, 2.75) is 91.1 Å². The molecule has 1 atom stereocenters. The number of benzene rings is 3. The van der Waals surface area contributed by atoms with Gasteiger partial charge in [0, 0.05) is 56.4 Å². The highest BCUT2D eigenvalue weighted by Gasteiger charge is 2.41. The number of fused-ring (bicyclic) bond motifs is 1. The highest BCUT2D eigenvalue weighted by atomic mass is 16.6. The summed E-state index contributed by atoms with van der Waals surface area (Å²) >= 11 is 0. The quantitative estimate of drug-likeness (QED) is 0.139. The molecule has 2 aromatic heterocycles. The molecule has 3 aliphatic heterocycles. The molecule has 10 heteroatoms. The molecule has 0 N–H and O–H groups in total. The second-order valence-corrected chi connectivity index (χ2v) is 17.8. The Kier molecular flexibility index (Phi) is 11.7. The summed E-state index contributed by atoms with van der Waals surface area (Å²) in [6.07, 6.45) is 6.86. The minimum absolute atomic E-state index is 0.159. The number of nitrogens with zero attached hydrogens (tertiary/aromatic N) is 6. The summed E-state index contributed by atoms with van der Waals surface area (Å²) < 4.78 is 20.2. The van der Waals surface area contributed by atoms with E-state index in [9.17, 15) is 4.79 Å². The number of carbonyl (C=O) groups excluding carboxylic acids is 1. The number of hydrogen-bond acceptors (Lipinski definition) is 8. The van der Waals surface area contributed by atoms with Crippen LogP contribution in [0, 0.1) is 11.3 Å². The standard InChI is InChI=1S/C48H60N6O4/c1-35(52-28-22-48(23-29-52)24-30-54(31-25-48)46(55)58-47(2,3)4)38-20-26-53(27-21-38)39-16-17-40-42(32-39)51(5)50-44(40)41-18-19-43(56-33-36-12-8-6-9-13-36)49-45(41)57-34-37-14-10-7-11-15-37/h6-19,32,35,38H,20-31,33-34H2,1-5H3/t35-/m1/s1. The Balaban J connectivity index is 0.896. The maximum Gasteiger partial charge on any atom is 0.410 e. The molecular formula is C48H60N6O4. The molecule has 0 bridgehead atoms. The smallest absolute Gasteiger partial charge is 0.410 e. The van der Waals surface area contributed by atoms with Gasteiger partial charge < -0.3 is 28.9 Å². The van der Waals surface area contributed by atoms with Crippen molar-refractivity contribution in [3.8, 4) is 23.0 Å². The number of rotatable bonds is 10. The van der Waals surface area contributed by atoms with Gasteiger partial charge in [-0.25, -0.2) is 4.79 Å².